The summed E-state index contributed by atoms with van der Waals surface area (Å²) in [5.74, 6) is -0.421. The van der Waals surface area contributed by atoms with Crippen molar-refractivity contribution in [3.63, 3.8) is 0 Å². The Labute approximate surface area is 108 Å². The molecular formula is C12H24N2O4. The summed E-state index contributed by atoms with van der Waals surface area (Å²) < 4.78 is 4.78. The van der Waals surface area contributed by atoms with Crippen molar-refractivity contribution in [2.75, 3.05) is 6.61 Å². The van der Waals surface area contributed by atoms with Crippen LogP contribution in [0.5, 0.6) is 0 Å². The highest BCUT2D eigenvalue weighted by atomic mass is 16.5. The Kier molecular flexibility index (Phi) is 7.58. The molecule has 6 heteroatoms. The molecule has 0 saturated heterocycles. The summed E-state index contributed by atoms with van der Waals surface area (Å²) >= 11 is 0. The highest BCUT2D eigenvalue weighted by Crippen LogP contribution is 2.07. The number of carbonyl (C=O) groups excluding carboxylic acids is 1. The number of hydrogen-bond acceptors (Lipinski definition) is 6. The van der Waals surface area contributed by atoms with Gasteiger partial charge in [-0.3, -0.25) is 0 Å². The topological polar surface area (TPSA) is 82.0 Å². The number of carbonyl (C=O) groups is 1. The van der Waals surface area contributed by atoms with E-state index in [9.17, 15) is 15.0 Å². The molecular weight excluding hydrogens is 236 g/mol. The molecule has 0 aromatic rings. The molecule has 0 aromatic carbocycles. The van der Waals surface area contributed by atoms with Crippen molar-refractivity contribution in [3.8, 4) is 0 Å². The number of hydrogen-bond donors (Lipinski definition) is 3. The summed E-state index contributed by atoms with van der Waals surface area (Å²) in [6.45, 7) is 8.69. The van der Waals surface area contributed by atoms with Crippen LogP contribution in [0.15, 0.2) is 11.8 Å². The summed E-state index contributed by atoms with van der Waals surface area (Å²) in [7, 11) is 0. The van der Waals surface area contributed by atoms with Gasteiger partial charge < -0.3 is 20.3 Å². The normalized spacial score (nSPS) is 17.2. The lowest BCUT2D eigenvalue weighted by Crippen LogP contribution is -2.51. The summed E-state index contributed by atoms with van der Waals surface area (Å²) in [6.07, 6.45) is -0.594. The zero-order chi connectivity index (χ0) is 14.3. The molecule has 0 radical (unpaired) electrons. The van der Waals surface area contributed by atoms with Gasteiger partial charge in [-0.1, -0.05) is 0 Å². The fourth-order valence-electron chi connectivity index (χ4n) is 1.77. The second kappa shape index (κ2) is 8.07. The summed E-state index contributed by atoms with van der Waals surface area (Å²) in [5.41, 5.74) is 0.604. The van der Waals surface area contributed by atoms with Crippen molar-refractivity contribution in [3.05, 3.63) is 11.8 Å². The minimum atomic E-state index is -0.803. The lowest BCUT2D eigenvalue weighted by atomic mass is 10.3. The summed E-state index contributed by atoms with van der Waals surface area (Å²) in [5, 5.41) is 22.1. The van der Waals surface area contributed by atoms with Gasteiger partial charge in [0.15, 0.2) is 0 Å². The van der Waals surface area contributed by atoms with E-state index in [-0.39, 0.29) is 6.17 Å². The predicted octanol–water partition coefficient (Wildman–Crippen LogP) is 0.368. The zero-order valence-corrected chi connectivity index (χ0v) is 11.7. The third-order valence-electron chi connectivity index (χ3n) is 2.37. The van der Waals surface area contributed by atoms with Crippen LogP contribution in [0.2, 0.25) is 0 Å². The van der Waals surface area contributed by atoms with Crippen molar-refractivity contribution in [2.45, 2.75) is 53.2 Å². The number of aliphatic hydroxyl groups is 2. The number of nitrogens with one attached hydrogen (secondary N) is 1. The van der Waals surface area contributed by atoms with Crippen LogP contribution in [0.3, 0.4) is 0 Å². The van der Waals surface area contributed by atoms with E-state index in [4.69, 9.17) is 4.74 Å². The van der Waals surface area contributed by atoms with Gasteiger partial charge in [0.25, 0.3) is 0 Å². The first-order chi connectivity index (χ1) is 8.29. The Hall–Kier alpha value is -1.11. The molecule has 0 bridgehead atoms. The maximum absolute atomic E-state index is 11.2. The molecule has 3 atom stereocenters. The maximum atomic E-state index is 11.2. The highest BCUT2D eigenvalue weighted by Gasteiger charge is 2.22. The molecule has 0 rings (SSSR count). The standard InChI is InChI=1S/C12H24N2O4/c1-6-18-12(17)7-8(2)13-9(3)14(10(4)15)11(5)16/h7,9-11,13,15-16H,6H2,1-5H3. The minimum absolute atomic E-state index is 0.323. The molecule has 0 fully saturated rings. The van der Waals surface area contributed by atoms with Crippen LogP contribution < -0.4 is 5.32 Å². The maximum Gasteiger partial charge on any atom is 0.332 e. The van der Waals surface area contributed by atoms with Gasteiger partial charge in [-0.15, -0.1) is 0 Å². The Bertz CT molecular complexity index is 282. The van der Waals surface area contributed by atoms with Crippen molar-refractivity contribution in [2.24, 2.45) is 0 Å². The average molecular weight is 260 g/mol. The van der Waals surface area contributed by atoms with Gasteiger partial charge in [0.1, 0.15) is 12.5 Å². The van der Waals surface area contributed by atoms with Crippen molar-refractivity contribution in [1.82, 2.24) is 10.2 Å². The molecule has 6 nitrogen and oxygen atoms in total. The Morgan fingerprint density at radius 2 is 1.83 bits per heavy atom. The van der Waals surface area contributed by atoms with E-state index in [1.54, 1.807) is 34.6 Å². The number of allylic oxidation sites excluding steroid dienone is 1. The van der Waals surface area contributed by atoms with E-state index in [1.165, 1.54) is 11.0 Å². The second-order valence-electron chi connectivity index (χ2n) is 4.11. The van der Waals surface area contributed by atoms with Gasteiger partial charge in [-0.25, -0.2) is 9.69 Å². The molecule has 3 unspecified atom stereocenters. The molecule has 0 saturated carbocycles. The van der Waals surface area contributed by atoms with Gasteiger partial charge in [-0.2, -0.15) is 0 Å². The predicted molar refractivity (Wildman–Crippen MR) is 68.2 cm³/mol. The van der Waals surface area contributed by atoms with Crippen LogP contribution in [0, 0.1) is 0 Å². The van der Waals surface area contributed by atoms with Gasteiger partial charge >= 0.3 is 5.97 Å². The molecule has 106 valence electrons. The summed E-state index contributed by atoms with van der Waals surface area (Å²) in [4.78, 5) is 12.7. The third kappa shape index (κ3) is 6.00. The van der Waals surface area contributed by atoms with Crippen LogP contribution in [0.1, 0.15) is 34.6 Å². The molecule has 0 heterocycles. The molecule has 0 aromatic heterocycles. The molecule has 18 heavy (non-hydrogen) atoms. The SMILES string of the molecule is CCOC(=O)C=C(C)NC(C)N(C(C)O)C(C)O. The Balaban J connectivity index is 4.53. The number of aliphatic hydroxyl groups excluding tert-OH is 2. The minimum Gasteiger partial charge on any atom is -0.463 e. The zero-order valence-electron chi connectivity index (χ0n) is 11.7. The van der Waals surface area contributed by atoms with Crippen LogP contribution in [-0.4, -0.2) is 46.3 Å². The number of esters is 1. The number of nitrogens with zero attached hydrogens (tertiary/aromatic N) is 1. The van der Waals surface area contributed by atoms with Crippen molar-refractivity contribution >= 4 is 5.97 Å². The van der Waals surface area contributed by atoms with E-state index in [0.717, 1.165) is 0 Å². The van der Waals surface area contributed by atoms with E-state index in [1.807, 2.05) is 0 Å². The van der Waals surface area contributed by atoms with Crippen LogP contribution in [-0.2, 0) is 9.53 Å². The summed E-state index contributed by atoms with van der Waals surface area (Å²) in [6, 6.07) is 0. The second-order valence-corrected chi connectivity index (χ2v) is 4.11. The van der Waals surface area contributed by atoms with Gasteiger partial charge in [-0.05, 0) is 34.6 Å². The van der Waals surface area contributed by atoms with Crippen molar-refractivity contribution < 1.29 is 19.7 Å². The molecule has 0 spiro atoms. The number of rotatable bonds is 7. The van der Waals surface area contributed by atoms with Gasteiger partial charge in [0, 0.05) is 11.8 Å². The van der Waals surface area contributed by atoms with Gasteiger partial charge in [0.2, 0.25) is 0 Å². The Morgan fingerprint density at radius 3 is 2.22 bits per heavy atom. The van der Waals surface area contributed by atoms with Crippen molar-refractivity contribution in [1.29, 1.82) is 0 Å². The first kappa shape index (κ1) is 16.9. The van der Waals surface area contributed by atoms with E-state index in [0.29, 0.717) is 12.3 Å². The lowest BCUT2D eigenvalue weighted by Gasteiger charge is -2.34. The lowest BCUT2D eigenvalue weighted by molar-refractivity contribution is -0.137. The van der Waals surface area contributed by atoms with Crippen LogP contribution in [0.4, 0.5) is 0 Å². The molecule has 0 amide bonds. The fraction of sp³-hybridized carbons (Fsp3) is 0.750. The van der Waals surface area contributed by atoms with E-state index >= 15 is 0 Å². The average Bonchev–Trinajstić information content (AvgIpc) is 2.14. The number of ether oxygens (including phenoxy) is 1. The first-order valence-electron chi connectivity index (χ1n) is 6.04. The molecule has 0 aliphatic carbocycles. The quantitative estimate of drug-likeness (QED) is 0.348. The molecule has 0 aliphatic heterocycles. The monoisotopic (exact) mass is 260 g/mol. The van der Waals surface area contributed by atoms with E-state index in [2.05, 4.69) is 5.32 Å². The first-order valence-corrected chi connectivity index (χ1v) is 6.04. The van der Waals surface area contributed by atoms with Crippen LogP contribution in [0.25, 0.3) is 0 Å². The third-order valence-corrected chi connectivity index (χ3v) is 2.37. The smallest absolute Gasteiger partial charge is 0.332 e. The highest BCUT2D eigenvalue weighted by molar-refractivity contribution is 5.82. The molecule has 3 N–H and O–H groups in total. The largest absolute Gasteiger partial charge is 0.463 e. The van der Waals surface area contributed by atoms with Crippen LogP contribution >= 0.6 is 0 Å². The fourth-order valence-corrected chi connectivity index (χ4v) is 1.77. The molecule has 0 aliphatic rings. The van der Waals surface area contributed by atoms with Gasteiger partial charge in [0.05, 0.1) is 12.8 Å². The van der Waals surface area contributed by atoms with E-state index < -0.39 is 18.4 Å². The Morgan fingerprint density at radius 1 is 1.33 bits per heavy atom.